The topological polar surface area (TPSA) is 0 Å². The van der Waals surface area contributed by atoms with Crippen molar-refractivity contribution >= 4 is 36.8 Å². The van der Waals surface area contributed by atoms with Crippen LogP contribution in [0.5, 0.6) is 0 Å². The molecular weight excluding hydrogens is 709 g/mol. The summed E-state index contributed by atoms with van der Waals surface area (Å²) in [5.41, 5.74) is 7.36. The van der Waals surface area contributed by atoms with Gasteiger partial charge in [-0.25, -0.2) is 0 Å². The van der Waals surface area contributed by atoms with E-state index < -0.39 is 0 Å². The van der Waals surface area contributed by atoms with E-state index in [1.54, 1.807) is 193 Å². The Kier molecular flexibility index (Phi) is 20.5. The van der Waals surface area contributed by atoms with Gasteiger partial charge in [0.25, 0.3) is 0 Å². The van der Waals surface area contributed by atoms with E-state index in [9.17, 15) is 0 Å². The number of rotatable bonds is 6. The van der Waals surface area contributed by atoms with Crippen LogP contribution in [0, 0.1) is 6.07 Å². The second-order valence-corrected chi connectivity index (χ2v) is 24.2. The van der Waals surface area contributed by atoms with Gasteiger partial charge in [0.1, 0.15) is 0 Å². The van der Waals surface area contributed by atoms with Gasteiger partial charge in [-0.1, -0.05) is 50.7 Å². The first-order chi connectivity index (χ1) is 24.9. The van der Waals surface area contributed by atoms with Crippen molar-refractivity contribution in [1.29, 1.82) is 0 Å². The Hall–Kier alpha value is 0.344. The quantitative estimate of drug-likeness (QED) is 0.156. The molecule has 50 heavy (non-hydrogen) atoms. The Labute approximate surface area is 324 Å². The first kappa shape index (κ1) is 41.5. The van der Waals surface area contributed by atoms with Gasteiger partial charge >= 0.3 is 24.8 Å². The van der Waals surface area contributed by atoms with Crippen LogP contribution in [0.1, 0.15) is 193 Å². The molecule has 2 aromatic carbocycles. The molecule has 8 rings (SSSR count). The molecular formula is C46H75ClNiP2+. The fraction of sp³-hybridized carbons (Fsp3) is 0.783. The van der Waals surface area contributed by atoms with Gasteiger partial charge in [0.15, 0.2) is 0 Å². The fourth-order valence-electron chi connectivity index (χ4n) is 11.7. The van der Waals surface area contributed by atoms with E-state index in [1.807, 2.05) is 24.3 Å². The van der Waals surface area contributed by atoms with Crippen LogP contribution in [0.25, 0.3) is 10.8 Å². The maximum absolute atomic E-state index is 4.26. The molecule has 285 valence electrons. The average Bonchev–Trinajstić information content (AvgIpc) is 3.22. The third-order valence-corrected chi connectivity index (χ3v) is 23.2. The number of benzene rings is 2. The third-order valence-electron chi connectivity index (χ3n) is 14.0. The van der Waals surface area contributed by atoms with Crippen LogP contribution in [0.3, 0.4) is 0 Å². The Balaban J connectivity index is 0.000000149. The first-order valence-electron chi connectivity index (χ1n) is 22.1. The fourth-order valence-corrected chi connectivity index (χ4v) is 22.1. The van der Waals surface area contributed by atoms with Crippen molar-refractivity contribution in [2.24, 2.45) is 0 Å². The van der Waals surface area contributed by atoms with Crippen LogP contribution < -0.4 is 0 Å². The number of fused-ring (bicyclic) bond motifs is 1. The molecule has 0 nitrogen and oxygen atoms in total. The summed E-state index contributed by atoms with van der Waals surface area (Å²) in [5, 5.41) is 2.44. The van der Waals surface area contributed by atoms with Gasteiger partial charge in [-0.05, 0) is 154 Å². The van der Waals surface area contributed by atoms with Gasteiger partial charge in [-0.3, -0.25) is 0 Å². The molecule has 0 aromatic heterocycles. The Morgan fingerprint density at radius 2 is 0.640 bits per heavy atom. The van der Waals surface area contributed by atoms with E-state index in [-0.39, 0.29) is 15.8 Å². The van der Waals surface area contributed by atoms with Gasteiger partial charge < -0.3 is 0 Å². The maximum atomic E-state index is 4.26. The molecule has 0 unspecified atom stereocenters. The molecule has 0 bridgehead atoms. The predicted octanol–water partition coefficient (Wildman–Crippen LogP) is 15.7. The minimum atomic E-state index is -0.0465. The summed E-state index contributed by atoms with van der Waals surface area (Å²) < 4.78 is 0. The van der Waals surface area contributed by atoms with E-state index in [4.69, 9.17) is 0 Å². The van der Waals surface area contributed by atoms with Crippen LogP contribution >= 0.6 is 26.0 Å². The van der Waals surface area contributed by atoms with Crippen molar-refractivity contribution in [1.82, 2.24) is 0 Å². The second kappa shape index (κ2) is 24.7. The normalized spacial score (nSPS) is 24.1. The first-order valence-corrected chi connectivity index (χ1v) is 26.9. The van der Waals surface area contributed by atoms with Crippen LogP contribution in [0.15, 0.2) is 42.5 Å². The Bertz CT molecular complexity index is 917. The van der Waals surface area contributed by atoms with Gasteiger partial charge in [-0.2, -0.15) is 0 Å². The van der Waals surface area contributed by atoms with Gasteiger partial charge in [-0.15, -0.1) is 47.2 Å². The minimum Gasteiger partial charge on any atom is -0.147 e. The van der Waals surface area contributed by atoms with E-state index in [0.717, 1.165) is 0 Å². The number of halogens is 1. The Morgan fingerprint density at radius 1 is 0.380 bits per heavy atom. The summed E-state index contributed by atoms with van der Waals surface area (Å²) in [6.07, 6.45) is 47.6. The molecule has 6 saturated carbocycles. The summed E-state index contributed by atoms with van der Waals surface area (Å²) in [7, 11) is 4.17. The van der Waals surface area contributed by atoms with Crippen LogP contribution in [-0.2, 0) is 14.6 Å². The zero-order valence-electron chi connectivity index (χ0n) is 31.9. The van der Waals surface area contributed by atoms with Crippen molar-refractivity contribution < 1.29 is 14.6 Å². The van der Waals surface area contributed by atoms with Crippen LogP contribution in [0.2, 0.25) is 0 Å². The van der Waals surface area contributed by atoms with Gasteiger partial charge in [0, 0.05) is 15.8 Å². The second-order valence-electron chi connectivity index (χ2n) is 17.3. The molecule has 0 aliphatic heterocycles. The smallest absolute Gasteiger partial charge is 0.0801 e. The summed E-state index contributed by atoms with van der Waals surface area (Å²) in [6, 6.07) is 17.4. The molecule has 0 radical (unpaired) electrons. The number of hydrogen-bond donors (Lipinski definition) is 0. The van der Waals surface area contributed by atoms with E-state index in [2.05, 4.69) is 49.0 Å². The average molecular weight is 784 g/mol. The van der Waals surface area contributed by atoms with Crippen molar-refractivity contribution in [3.05, 3.63) is 48.5 Å². The van der Waals surface area contributed by atoms with Gasteiger partial charge in [0.2, 0.25) is 0 Å². The molecule has 4 heteroatoms. The molecule has 2 aromatic rings. The summed E-state index contributed by atoms with van der Waals surface area (Å²) in [4.78, 5) is 0. The van der Waals surface area contributed by atoms with E-state index in [0.29, 0.717) is 0 Å². The molecule has 0 spiro atoms. The molecule has 0 N–H and O–H groups in total. The standard InChI is InChI=1S/2C18H33P.C10H7.ClH.Ni/c2*1-4-10-16(11-5-1)19(17-12-6-2-7-13-17)18-14-8-3-9-15-18;1-2-6-10-8-4-3-7-9(10)5-1;;/h2*16-18H,1-15H2;1-7H;1H;/q;;-1;;+1/p+1. The molecule has 6 fully saturated rings. The summed E-state index contributed by atoms with van der Waals surface area (Å²) in [6.45, 7) is 0. The predicted molar refractivity (Wildman–Crippen MR) is 227 cm³/mol. The van der Waals surface area contributed by atoms with Gasteiger partial charge in [0.05, 0.1) is 34.0 Å². The SMILES string of the molecule is C1CCC([PH+](C2CCCCC2)C2CCCCC2)CC1.C1CCC([PH+](C2CCCCC2)C2CCCCC2)CC1.[Cl][Ni].[c-]1cccc2ccccc12. The van der Waals surface area contributed by atoms with Crippen molar-refractivity contribution in [3.63, 3.8) is 0 Å². The molecule has 0 atom stereocenters. The number of hydrogen-bond acceptors (Lipinski definition) is 0. The molecule has 0 saturated heterocycles. The van der Waals surface area contributed by atoms with Crippen LogP contribution in [-0.4, -0.2) is 34.0 Å². The monoisotopic (exact) mass is 782 g/mol. The van der Waals surface area contributed by atoms with Crippen LogP contribution in [0.4, 0.5) is 0 Å². The Morgan fingerprint density at radius 3 is 0.920 bits per heavy atom. The molecule has 6 aliphatic carbocycles. The van der Waals surface area contributed by atoms with E-state index >= 15 is 0 Å². The van der Waals surface area contributed by atoms with Crippen molar-refractivity contribution in [3.8, 4) is 0 Å². The summed E-state index contributed by atoms with van der Waals surface area (Å²) in [5.74, 6) is 0. The largest absolute Gasteiger partial charge is 0.147 e. The zero-order valence-corrected chi connectivity index (χ0v) is 35.7. The summed E-state index contributed by atoms with van der Waals surface area (Å²) >= 11 is 3.35. The third kappa shape index (κ3) is 13.3. The zero-order chi connectivity index (χ0) is 34.6. The van der Waals surface area contributed by atoms with Crippen molar-refractivity contribution in [2.75, 3.05) is 0 Å². The minimum absolute atomic E-state index is 0.0465. The molecule has 0 amide bonds. The maximum Gasteiger partial charge on any atom is -0.0801 e. The van der Waals surface area contributed by atoms with E-state index in [1.165, 1.54) is 44.7 Å². The molecule has 6 aliphatic rings. The molecule has 0 heterocycles. The van der Waals surface area contributed by atoms with Crippen molar-refractivity contribution in [2.45, 2.75) is 227 Å².